The fraction of sp³-hybridized carbons (Fsp3) is 0.650. The molecule has 0 spiro atoms. The fourth-order valence-electron chi connectivity index (χ4n) is 4.36. The summed E-state index contributed by atoms with van der Waals surface area (Å²) in [6.45, 7) is 10.7. The van der Waals surface area contributed by atoms with Gasteiger partial charge in [-0.15, -0.1) is 0 Å². The molecule has 2 aromatic rings. The number of aryl methyl sites for hydroxylation is 3. The van der Waals surface area contributed by atoms with Crippen molar-refractivity contribution in [3.05, 3.63) is 34.0 Å². The molecule has 1 atom stereocenters. The van der Waals surface area contributed by atoms with Gasteiger partial charge < -0.3 is 14.6 Å². The summed E-state index contributed by atoms with van der Waals surface area (Å²) in [5.74, 6) is 0.475. The second kappa shape index (κ2) is 8.05. The highest BCUT2D eigenvalue weighted by Crippen LogP contribution is 2.23. The van der Waals surface area contributed by atoms with Gasteiger partial charge in [-0.2, -0.15) is 5.10 Å². The molecule has 4 rings (SSSR count). The number of rotatable bonds is 5. The summed E-state index contributed by atoms with van der Waals surface area (Å²) in [5.41, 5.74) is 4.90. The van der Waals surface area contributed by atoms with Gasteiger partial charge in [0.15, 0.2) is 0 Å². The Morgan fingerprint density at radius 3 is 2.96 bits per heavy atom. The zero-order chi connectivity index (χ0) is 19.7. The molecule has 4 heterocycles. The van der Waals surface area contributed by atoms with Crippen LogP contribution in [0, 0.1) is 13.8 Å². The molecular formula is C20H29N5O3. The largest absolute Gasteiger partial charge is 0.376 e. The first-order valence-corrected chi connectivity index (χ1v) is 10.2. The van der Waals surface area contributed by atoms with Gasteiger partial charge in [-0.25, -0.2) is 0 Å². The van der Waals surface area contributed by atoms with Gasteiger partial charge in [0.1, 0.15) is 11.3 Å². The Morgan fingerprint density at radius 1 is 1.36 bits per heavy atom. The number of carbonyl (C=O) groups excluding carboxylic acids is 1. The summed E-state index contributed by atoms with van der Waals surface area (Å²) < 4.78 is 12.9. The molecule has 8 nitrogen and oxygen atoms in total. The first-order valence-electron chi connectivity index (χ1n) is 10.2. The number of aromatic nitrogens is 3. The van der Waals surface area contributed by atoms with E-state index in [2.05, 4.69) is 27.0 Å². The van der Waals surface area contributed by atoms with E-state index in [0.717, 1.165) is 57.7 Å². The average Bonchev–Trinajstić information content (AvgIpc) is 3.22. The lowest BCUT2D eigenvalue weighted by molar-refractivity contribution is 0.0896. The SMILES string of the molecule is CCn1nc(CN2CCCC(NC(=O)c3c(C)noc3C)C2)c2c1CCOC2. The number of fused-ring (bicyclic) bond motifs is 1. The van der Waals surface area contributed by atoms with Crippen LogP contribution < -0.4 is 5.32 Å². The third-order valence-electron chi connectivity index (χ3n) is 5.75. The number of ether oxygens (including phenoxy) is 1. The lowest BCUT2D eigenvalue weighted by atomic mass is 10.0. The minimum absolute atomic E-state index is 0.0934. The van der Waals surface area contributed by atoms with Gasteiger partial charge in [0.25, 0.3) is 5.91 Å². The molecule has 1 N–H and O–H groups in total. The van der Waals surface area contributed by atoms with Gasteiger partial charge in [0.05, 0.1) is 24.6 Å². The lowest BCUT2D eigenvalue weighted by Crippen LogP contribution is -2.47. The number of piperidine rings is 1. The van der Waals surface area contributed by atoms with Crippen LogP contribution in [0.4, 0.5) is 0 Å². The number of hydrogen-bond acceptors (Lipinski definition) is 6. The first-order chi connectivity index (χ1) is 13.6. The van der Waals surface area contributed by atoms with Crippen molar-refractivity contribution in [2.24, 2.45) is 0 Å². The Kier molecular flexibility index (Phi) is 5.50. The minimum Gasteiger partial charge on any atom is -0.376 e. The van der Waals surface area contributed by atoms with E-state index in [-0.39, 0.29) is 11.9 Å². The van der Waals surface area contributed by atoms with Crippen molar-refractivity contribution in [2.75, 3.05) is 19.7 Å². The number of carbonyl (C=O) groups is 1. The molecule has 8 heteroatoms. The summed E-state index contributed by atoms with van der Waals surface area (Å²) in [6, 6.07) is 0.121. The minimum atomic E-state index is -0.0934. The Bertz CT molecular complexity index is 837. The molecule has 1 amide bonds. The average molecular weight is 387 g/mol. The van der Waals surface area contributed by atoms with E-state index in [1.807, 2.05) is 0 Å². The molecule has 1 saturated heterocycles. The van der Waals surface area contributed by atoms with E-state index in [4.69, 9.17) is 14.4 Å². The molecular weight excluding hydrogens is 358 g/mol. The monoisotopic (exact) mass is 387 g/mol. The molecule has 0 aliphatic carbocycles. The van der Waals surface area contributed by atoms with Crippen LogP contribution in [0.15, 0.2) is 4.52 Å². The van der Waals surface area contributed by atoms with Crippen LogP contribution in [0.25, 0.3) is 0 Å². The maximum Gasteiger partial charge on any atom is 0.257 e. The molecule has 28 heavy (non-hydrogen) atoms. The zero-order valence-electron chi connectivity index (χ0n) is 17.0. The van der Waals surface area contributed by atoms with Gasteiger partial charge in [-0.3, -0.25) is 14.4 Å². The maximum atomic E-state index is 12.7. The van der Waals surface area contributed by atoms with Crippen LogP contribution in [-0.2, 0) is 30.9 Å². The summed E-state index contributed by atoms with van der Waals surface area (Å²) in [4.78, 5) is 15.0. The quantitative estimate of drug-likeness (QED) is 0.844. The Morgan fingerprint density at radius 2 is 2.21 bits per heavy atom. The Balaban J connectivity index is 1.42. The Hall–Kier alpha value is -2.19. The third kappa shape index (κ3) is 3.71. The van der Waals surface area contributed by atoms with Crippen molar-refractivity contribution in [2.45, 2.75) is 65.8 Å². The molecule has 0 radical (unpaired) electrons. The molecule has 1 fully saturated rings. The lowest BCUT2D eigenvalue weighted by Gasteiger charge is -2.33. The third-order valence-corrected chi connectivity index (χ3v) is 5.75. The second-order valence-corrected chi connectivity index (χ2v) is 7.74. The van der Waals surface area contributed by atoms with Crippen molar-refractivity contribution in [1.82, 2.24) is 25.2 Å². The normalized spacial score (nSPS) is 20.2. The van der Waals surface area contributed by atoms with Crippen LogP contribution in [0.2, 0.25) is 0 Å². The van der Waals surface area contributed by atoms with Crippen LogP contribution in [0.1, 0.15) is 58.5 Å². The zero-order valence-corrected chi connectivity index (χ0v) is 17.0. The molecule has 2 aliphatic heterocycles. The topological polar surface area (TPSA) is 85.4 Å². The van der Waals surface area contributed by atoms with Crippen molar-refractivity contribution in [1.29, 1.82) is 0 Å². The number of amides is 1. The number of likely N-dealkylation sites (tertiary alicyclic amines) is 1. The van der Waals surface area contributed by atoms with Crippen LogP contribution in [0.3, 0.4) is 0 Å². The summed E-state index contributed by atoms with van der Waals surface area (Å²) in [7, 11) is 0. The highest BCUT2D eigenvalue weighted by Gasteiger charge is 2.27. The van der Waals surface area contributed by atoms with Gasteiger partial charge in [-0.1, -0.05) is 5.16 Å². The van der Waals surface area contributed by atoms with E-state index in [1.165, 1.54) is 11.3 Å². The highest BCUT2D eigenvalue weighted by molar-refractivity contribution is 5.96. The van der Waals surface area contributed by atoms with Crippen LogP contribution in [-0.4, -0.2) is 51.5 Å². The molecule has 0 aromatic carbocycles. The van der Waals surface area contributed by atoms with Crippen molar-refractivity contribution < 1.29 is 14.1 Å². The fourth-order valence-corrected chi connectivity index (χ4v) is 4.36. The molecule has 152 valence electrons. The predicted molar refractivity (Wildman–Crippen MR) is 103 cm³/mol. The second-order valence-electron chi connectivity index (χ2n) is 7.74. The van der Waals surface area contributed by atoms with E-state index < -0.39 is 0 Å². The van der Waals surface area contributed by atoms with E-state index in [9.17, 15) is 4.79 Å². The summed E-state index contributed by atoms with van der Waals surface area (Å²) in [5, 5.41) is 11.9. The smallest absolute Gasteiger partial charge is 0.257 e. The molecule has 0 saturated carbocycles. The van der Waals surface area contributed by atoms with Gasteiger partial charge in [-0.05, 0) is 40.2 Å². The number of hydrogen-bond donors (Lipinski definition) is 1. The Labute approximate surface area is 165 Å². The number of nitrogens with one attached hydrogen (secondary N) is 1. The molecule has 2 aliphatic rings. The molecule has 2 aromatic heterocycles. The predicted octanol–water partition coefficient (Wildman–Crippen LogP) is 1.97. The van der Waals surface area contributed by atoms with Gasteiger partial charge >= 0.3 is 0 Å². The van der Waals surface area contributed by atoms with Crippen LogP contribution >= 0.6 is 0 Å². The molecule has 1 unspecified atom stereocenters. The van der Waals surface area contributed by atoms with Crippen molar-refractivity contribution in [3.8, 4) is 0 Å². The summed E-state index contributed by atoms with van der Waals surface area (Å²) in [6.07, 6.45) is 2.97. The standard InChI is InChI=1S/C20H29N5O3/c1-4-25-18-7-9-27-12-16(18)17(22-25)11-24-8-5-6-15(10-24)21-20(26)19-13(2)23-28-14(19)3/h15H,4-12H2,1-3H3,(H,21,26). The first kappa shape index (κ1) is 19.1. The van der Waals surface area contributed by atoms with E-state index in [0.29, 0.717) is 23.6 Å². The summed E-state index contributed by atoms with van der Waals surface area (Å²) >= 11 is 0. The van der Waals surface area contributed by atoms with Gasteiger partial charge in [0, 0.05) is 43.4 Å². The van der Waals surface area contributed by atoms with Crippen molar-refractivity contribution in [3.63, 3.8) is 0 Å². The highest BCUT2D eigenvalue weighted by atomic mass is 16.5. The van der Waals surface area contributed by atoms with Gasteiger partial charge in [0.2, 0.25) is 0 Å². The maximum absolute atomic E-state index is 12.7. The van der Waals surface area contributed by atoms with E-state index >= 15 is 0 Å². The molecule has 0 bridgehead atoms. The number of nitrogens with zero attached hydrogens (tertiary/aromatic N) is 4. The van der Waals surface area contributed by atoms with E-state index in [1.54, 1.807) is 13.8 Å². The van der Waals surface area contributed by atoms with Crippen LogP contribution in [0.5, 0.6) is 0 Å². The van der Waals surface area contributed by atoms with Crippen molar-refractivity contribution >= 4 is 5.91 Å².